The van der Waals surface area contributed by atoms with Crippen LogP contribution in [0.4, 0.5) is 13.2 Å². The number of alkyl halides is 3. The van der Waals surface area contributed by atoms with Crippen LogP contribution in [0.5, 0.6) is 5.75 Å². The molecule has 0 radical (unpaired) electrons. The van der Waals surface area contributed by atoms with Crippen LogP contribution in [0, 0.1) is 0 Å². The minimum Gasteiger partial charge on any atom is -0.406 e. The zero-order chi connectivity index (χ0) is 15.6. The summed E-state index contributed by atoms with van der Waals surface area (Å²) in [5, 5.41) is 0.767. The SMILES string of the molecule is N[C@H](c1ccc(OC(F)(F)F)cc1)c1ccc(Cl)c(Cl)c1. The van der Waals surface area contributed by atoms with Gasteiger partial charge in [-0.3, -0.25) is 0 Å². The van der Waals surface area contributed by atoms with E-state index in [1.54, 1.807) is 18.2 Å². The third-order valence-corrected chi connectivity index (χ3v) is 3.51. The fraction of sp³-hybridized carbons (Fsp3) is 0.143. The van der Waals surface area contributed by atoms with Gasteiger partial charge in [0.15, 0.2) is 0 Å². The number of nitrogens with two attached hydrogens (primary N) is 1. The van der Waals surface area contributed by atoms with E-state index in [2.05, 4.69) is 4.74 Å². The molecule has 0 aliphatic rings. The van der Waals surface area contributed by atoms with Gasteiger partial charge in [-0.2, -0.15) is 0 Å². The summed E-state index contributed by atoms with van der Waals surface area (Å²) in [4.78, 5) is 0. The van der Waals surface area contributed by atoms with Crippen LogP contribution in [0.1, 0.15) is 17.2 Å². The van der Waals surface area contributed by atoms with E-state index in [1.165, 1.54) is 24.3 Å². The van der Waals surface area contributed by atoms with Gasteiger partial charge < -0.3 is 10.5 Å². The molecule has 2 rings (SSSR count). The number of hydrogen-bond acceptors (Lipinski definition) is 2. The molecule has 2 nitrogen and oxygen atoms in total. The molecule has 7 heteroatoms. The Balaban J connectivity index is 2.19. The molecule has 21 heavy (non-hydrogen) atoms. The zero-order valence-corrected chi connectivity index (χ0v) is 12.0. The zero-order valence-electron chi connectivity index (χ0n) is 10.5. The fourth-order valence-corrected chi connectivity index (χ4v) is 2.08. The first-order chi connectivity index (χ1) is 9.76. The van der Waals surface area contributed by atoms with Gasteiger partial charge in [-0.25, -0.2) is 0 Å². The maximum Gasteiger partial charge on any atom is 0.573 e. The molecule has 0 fully saturated rings. The first kappa shape index (κ1) is 15.9. The Hall–Kier alpha value is -1.43. The molecular weight excluding hydrogens is 326 g/mol. The van der Waals surface area contributed by atoms with E-state index in [1.807, 2.05) is 0 Å². The highest BCUT2D eigenvalue weighted by Crippen LogP contribution is 2.29. The van der Waals surface area contributed by atoms with E-state index in [4.69, 9.17) is 28.9 Å². The highest BCUT2D eigenvalue weighted by atomic mass is 35.5. The minimum atomic E-state index is -4.71. The van der Waals surface area contributed by atoms with Gasteiger partial charge in [0.1, 0.15) is 5.75 Å². The van der Waals surface area contributed by atoms with Crippen molar-refractivity contribution >= 4 is 23.2 Å². The molecule has 0 unspecified atom stereocenters. The van der Waals surface area contributed by atoms with E-state index < -0.39 is 12.4 Å². The molecule has 0 aliphatic heterocycles. The van der Waals surface area contributed by atoms with Crippen molar-refractivity contribution in [2.24, 2.45) is 5.73 Å². The summed E-state index contributed by atoms with van der Waals surface area (Å²) in [7, 11) is 0. The van der Waals surface area contributed by atoms with Crippen molar-refractivity contribution < 1.29 is 17.9 Å². The Morgan fingerprint density at radius 3 is 2.00 bits per heavy atom. The van der Waals surface area contributed by atoms with Crippen LogP contribution in [-0.2, 0) is 0 Å². The lowest BCUT2D eigenvalue weighted by Crippen LogP contribution is -2.17. The molecule has 0 aromatic heterocycles. The summed E-state index contributed by atoms with van der Waals surface area (Å²) in [6, 6.07) is 9.76. The molecule has 2 aromatic carbocycles. The Morgan fingerprint density at radius 1 is 0.905 bits per heavy atom. The summed E-state index contributed by atoms with van der Waals surface area (Å²) >= 11 is 11.7. The maximum absolute atomic E-state index is 12.1. The maximum atomic E-state index is 12.1. The van der Waals surface area contributed by atoms with E-state index >= 15 is 0 Å². The highest BCUT2D eigenvalue weighted by molar-refractivity contribution is 6.42. The normalized spacial score (nSPS) is 13.0. The Bertz CT molecular complexity index is 629. The van der Waals surface area contributed by atoms with Crippen LogP contribution in [0.15, 0.2) is 42.5 Å². The number of benzene rings is 2. The first-order valence-corrected chi connectivity index (χ1v) is 6.58. The predicted molar refractivity (Wildman–Crippen MR) is 75.6 cm³/mol. The minimum absolute atomic E-state index is 0.299. The van der Waals surface area contributed by atoms with Crippen molar-refractivity contribution in [3.63, 3.8) is 0 Å². The van der Waals surface area contributed by atoms with Crippen LogP contribution in [-0.4, -0.2) is 6.36 Å². The van der Waals surface area contributed by atoms with E-state index in [9.17, 15) is 13.2 Å². The second kappa shape index (κ2) is 6.13. The highest BCUT2D eigenvalue weighted by Gasteiger charge is 2.31. The molecule has 0 aliphatic carbocycles. The van der Waals surface area contributed by atoms with Gasteiger partial charge in [0.25, 0.3) is 0 Å². The number of halogens is 5. The molecule has 0 heterocycles. The lowest BCUT2D eigenvalue weighted by atomic mass is 10.00. The van der Waals surface area contributed by atoms with Crippen molar-refractivity contribution in [1.82, 2.24) is 0 Å². The van der Waals surface area contributed by atoms with Crippen LogP contribution in [0.3, 0.4) is 0 Å². The molecule has 0 amide bonds. The first-order valence-electron chi connectivity index (χ1n) is 5.82. The fourth-order valence-electron chi connectivity index (χ4n) is 1.78. The molecule has 112 valence electrons. The van der Waals surface area contributed by atoms with Gasteiger partial charge >= 0.3 is 6.36 Å². The molecule has 0 saturated heterocycles. The van der Waals surface area contributed by atoms with Gasteiger partial charge in [-0.1, -0.05) is 41.4 Å². The molecule has 0 bridgehead atoms. The van der Waals surface area contributed by atoms with Crippen molar-refractivity contribution in [2.45, 2.75) is 12.4 Å². The lowest BCUT2D eigenvalue weighted by molar-refractivity contribution is -0.274. The van der Waals surface area contributed by atoms with Gasteiger partial charge in [0.2, 0.25) is 0 Å². The smallest absolute Gasteiger partial charge is 0.406 e. The van der Waals surface area contributed by atoms with Crippen molar-refractivity contribution in [1.29, 1.82) is 0 Å². The molecule has 2 N–H and O–H groups in total. The molecule has 2 aromatic rings. The number of rotatable bonds is 3. The van der Waals surface area contributed by atoms with Gasteiger partial charge in [0.05, 0.1) is 16.1 Å². The Kier molecular flexibility index (Phi) is 4.66. The Labute approximate surface area is 129 Å². The summed E-state index contributed by atoms with van der Waals surface area (Å²) in [6.07, 6.45) is -4.71. The quantitative estimate of drug-likeness (QED) is 0.862. The molecule has 1 atom stereocenters. The van der Waals surface area contributed by atoms with E-state index in [0.29, 0.717) is 21.2 Å². The molecule has 0 spiro atoms. The summed E-state index contributed by atoms with van der Waals surface area (Å²) < 4.78 is 40.0. The predicted octanol–water partition coefficient (Wildman–Crippen LogP) is 4.94. The third-order valence-electron chi connectivity index (χ3n) is 2.78. The largest absolute Gasteiger partial charge is 0.573 e. The Morgan fingerprint density at radius 2 is 1.48 bits per heavy atom. The number of hydrogen-bond donors (Lipinski definition) is 1. The van der Waals surface area contributed by atoms with Gasteiger partial charge in [-0.15, -0.1) is 13.2 Å². The summed E-state index contributed by atoms with van der Waals surface area (Å²) in [6.45, 7) is 0. The van der Waals surface area contributed by atoms with Crippen LogP contribution < -0.4 is 10.5 Å². The third kappa shape index (κ3) is 4.27. The summed E-state index contributed by atoms with van der Waals surface area (Å²) in [5.74, 6) is -0.299. The molecular formula is C14H10Cl2F3NO. The monoisotopic (exact) mass is 335 g/mol. The van der Waals surface area contributed by atoms with Gasteiger partial charge in [-0.05, 0) is 35.4 Å². The van der Waals surface area contributed by atoms with E-state index in [0.717, 1.165) is 0 Å². The standard InChI is InChI=1S/C14H10Cl2F3NO/c15-11-6-3-9(7-12(11)16)13(20)8-1-4-10(5-2-8)21-14(17,18)19/h1-7,13H,20H2/t13-/m1/s1. The average molecular weight is 336 g/mol. The van der Waals surface area contributed by atoms with Crippen molar-refractivity contribution in [2.75, 3.05) is 0 Å². The van der Waals surface area contributed by atoms with Crippen LogP contribution in [0.2, 0.25) is 10.0 Å². The topological polar surface area (TPSA) is 35.2 Å². The average Bonchev–Trinajstić information content (AvgIpc) is 2.40. The second-order valence-corrected chi connectivity index (χ2v) is 5.08. The van der Waals surface area contributed by atoms with Gasteiger partial charge in [0, 0.05) is 0 Å². The van der Waals surface area contributed by atoms with E-state index in [-0.39, 0.29) is 5.75 Å². The lowest BCUT2D eigenvalue weighted by Gasteiger charge is -2.14. The number of ether oxygens (including phenoxy) is 1. The summed E-state index contributed by atoms with van der Waals surface area (Å²) in [5.41, 5.74) is 7.38. The van der Waals surface area contributed by atoms with Crippen molar-refractivity contribution in [3.8, 4) is 5.75 Å². The second-order valence-electron chi connectivity index (χ2n) is 4.27. The van der Waals surface area contributed by atoms with Crippen LogP contribution in [0.25, 0.3) is 0 Å². The van der Waals surface area contributed by atoms with Crippen LogP contribution >= 0.6 is 23.2 Å². The van der Waals surface area contributed by atoms with Crippen molar-refractivity contribution in [3.05, 3.63) is 63.6 Å². The molecule has 0 saturated carbocycles.